The van der Waals surface area contributed by atoms with Gasteiger partial charge in [0.25, 0.3) is 0 Å². The van der Waals surface area contributed by atoms with E-state index in [0.29, 0.717) is 12.8 Å². The Hall–Kier alpha value is -2.06. The van der Waals surface area contributed by atoms with E-state index in [1.807, 2.05) is 0 Å². The van der Waals surface area contributed by atoms with Crippen LogP contribution < -0.4 is 4.72 Å². The van der Waals surface area contributed by atoms with Gasteiger partial charge >= 0.3 is 11.9 Å². The van der Waals surface area contributed by atoms with Gasteiger partial charge in [-0.15, -0.1) is 0 Å². The highest BCUT2D eigenvalue weighted by Crippen LogP contribution is 2.29. The number of carbonyl (C=O) groups excluding carboxylic acids is 1. The summed E-state index contributed by atoms with van der Waals surface area (Å²) in [7, 11) is -2.77. The molecule has 0 spiro atoms. The second kappa shape index (κ2) is 7.23. The van der Waals surface area contributed by atoms with Crippen LogP contribution in [0.1, 0.15) is 29.6 Å². The molecule has 9 heteroatoms. The van der Waals surface area contributed by atoms with E-state index in [9.17, 15) is 23.1 Å². The number of esters is 1. The standard InChI is InChI=1S/C15H16ClNO6S/c1-23-15(20)9-6-7-12(11(16)8-9)17-24(21,22)13-5-3-2-4-10(13)14(18)19/h4,6-8,13,17H,2-3,5H2,1H3,(H,18,19). The first-order valence-electron chi connectivity index (χ1n) is 7.09. The molecule has 7 nitrogen and oxygen atoms in total. The van der Waals surface area contributed by atoms with Gasteiger partial charge in [0.1, 0.15) is 5.25 Å². The highest BCUT2D eigenvalue weighted by molar-refractivity contribution is 7.93. The first kappa shape index (κ1) is 18.3. The second-order valence-corrected chi connectivity index (χ2v) is 7.49. The summed E-state index contributed by atoms with van der Waals surface area (Å²) >= 11 is 6.01. The van der Waals surface area contributed by atoms with Crippen LogP contribution in [-0.2, 0) is 19.6 Å². The van der Waals surface area contributed by atoms with Gasteiger partial charge in [0.05, 0.1) is 29.0 Å². The van der Waals surface area contributed by atoms with Crippen molar-refractivity contribution in [3.8, 4) is 0 Å². The van der Waals surface area contributed by atoms with Gasteiger partial charge in [-0.2, -0.15) is 0 Å². The third-order valence-corrected chi connectivity index (χ3v) is 5.70. The van der Waals surface area contributed by atoms with Crippen LogP contribution in [0.25, 0.3) is 0 Å². The average Bonchev–Trinajstić information content (AvgIpc) is 2.55. The lowest BCUT2D eigenvalue weighted by Crippen LogP contribution is -2.34. The molecule has 1 aliphatic carbocycles. The van der Waals surface area contributed by atoms with E-state index in [1.54, 1.807) is 0 Å². The number of carbonyl (C=O) groups is 2. The monoisotopic (exact) mass is 373 g/mol. The Balaban J connectivity index is 2.29. The normalized spacial score (nSPS) is 17.8. The molecule has 0 radical (unpaired) electrons. The zero-order valence-corrected chi connectivity index (χ0v) is 14.4. The topological polar surface area (TPSA) is 110 Å². The molecule has 0 amide bonds. The molecule has 2 rings (SSSR count). The SMILES string of the molecule is COC(=O)c1ccc(NS(=O)(=O)C2CCCC=C2C(=O)O)c(Cl)c1. The lowest BCUT2D eigenvalue weighted by molar-refractivity contribution is -0.132. The Bertz CT molecular complexity index is 802. The zero-order chi connectivity index (χ0) is 17.9. The van der Waals surface area contributed by atoms with Crippen LogP contribution >= 0.6 is 11.6 Å². The highest BCUT2D eigenvalue weighted by Gasteiger charge is 2.34. The summed E-state index contributed by atoms with van der Waals surface area (Å²) in [6.45, 7) is 0. The Kier molecular flexibility index (Phi) is 5.51. The van der Waals surface area contributed by atoms with E-state index in [-0.39, 0.29) is 28.3 Å². The molecule has 1 unspecified atom stereocenters. The van der Waals surface area contributed by atoms with Crippen LogP contribution in [0.15, 0.2) is 29.8 Å². The van der Waals surface area contributed by atoms with E-state index in [1.165, 1.54) is 31.4 Å². The van der Waals surface area contributed by atoms with Crippen molar-refractivity contribution in [2.45, 2.75) is 24.5 Å². The minimum Gasteiger partial charge on any atom is -0.478 e. The number of sulfonamides is 1. The quantitative estimate of drug-likeness (QED) is 0.767. The van der Waals surface area contributed by atoms with Crippen molar-refractivity contribution in [1.29, 1.82) is 0 Å². The number of ether oxygens (including phenoxy) is 1. The fraction of sp³-hybridized carbons (Fsp3) is 0.333. The van der Waals surface area contributed by atoms with Crippen molar-refractivity contribution in [3.63, 3.8) is 0 Å². The van der Waals surface area contributed by atoms with Gasteiger partial charge < -0.3 is 9.84 Å². The summed E-state index contributed by atoms with van der Waals surface area (Å²) in [6.07, 6.45) is 2.75. The summed E-state index contributed by atoms with van der Waals surface area (Å²) in [5.74, 6) is -1.85. The molecule has 1 aliphatic rings. The molecule has 1 aromatic carbocycles. The number of methoxy groups -OCH3 is 1. The van der Waals surface area contributed by atoms with E-state index >= 15 is 0 Å². The predicted molar refractivity (Wildman–Crippen MR) is 88.7 cm³/mol. The third-order valence-electron chi connectivity index (χ3n) is 3.65. The van der Waals surface area contributed by atoms with Gasteiger partial charge in [0.15, 0.2) is 0 Å². The number of carboxylic acid groups (broad SMARTS) is 1. The molecule has 2 N–H and O–H groups in total. The van der Waals surface area contributed by atoms with Gasteiger partial charge in [-0.05, 0) is 37.5 Å². The molecule has 0 aromatic heterocycles. The molecule has 130 valence electrons. The molecular weight excluding hydrogens is 358 g/mol. The summed E-state index contributed by atoms with van der Waals surface area (Å²) in [5.41, 5.74) is 0.102. The number of halogens is 1. The number of allylic oxidation sites excluding steroid dienone is 1. The van der Waals surface area contributed by atoms with Gasteiger partial charge in [0, 0.05) is 0 Å². The van der Waals surface area contributed by atoms with Crippen LogP contribution in [0, 0.1) is 0 Å². The fourth-order valence-electron chi connectivity index (χ4n) is 2.46. The average molecular weight is 374 g/mol. The second-order valence-electron chi connectivity index (χ2n) is 5.22. The Morgan fingerprint density at radius 2 is 2.08 bits per heavy atom. The minimum atomic E-state index is -3.99. The van der Waals surface area contributed by atoms with E-state index < -0.39 is 27.2 Å². The largest absolute Gasteiger partial charge is 0.478 e. The smallest absolute Gasteiger partial charge is 0.337 e. The number of hydrogen-bond donors (Lipinski definition) is 2. The number of rotatable bonds is 5. The summed E-state index contributed by atoms with van der Waals surface area (Å²) in [4.78, 5) is 22.7. The lowest BCUT2D eigenvalue weighted by Gasteiger charge is -2.22. The van der Waals surface area contributed by atoms with Gasteiger partial charge in [0.2, 0.25) is 10.0 Å². The highest BCUT2D eigenvalue weighted by atomic mass is 35.5. The van der Waals surface area contributed by atoms with Crippen molar-refractivity contribution < 1.29 is 27.9 Å². The molecule has 24 heavy (non-hydrogen) atoms. The molecule has 1 atom stereocenters. The third kappa shape index (κ3) is 3.88. The van der Waals surface area contributed by atoms with Crippen molar-refractivity contribution in [1.82, 2.24) is 0 Å². The van der Waals surface area contributed by atoms with Crippen LogP contribution in [0.3, 0.4) is 0 Å². The Morgan fingerprint density at radius 1 is 1.38 bits per heavy atom. The predicted octanol–water partition coefficient (Wildman–Crippen LogP) is 2.43. The van der Waals surface area contributed by atoms with Gasteiger partial charge in [-0.1, -0.05) is 17.7 Å². The molecule has 1 aromatic rings. The molecule has 0 heterocycles. The van der Waals surface area contributed by atoms with Crippen LogP contribution in [-0.4, -0.2) is 37.8 Å². The molecule has 0 fully saturated rings. The van der Waals surface area contributed by atoms with Crippen molar-refractivity contribution in [2.24, 2.45) is 0 Å². The number of aliphatic carboxylic acids is 1. The molecule has 0 saturated heterocycles. The van der Waals surface area contributed by atoms with E-state index in [4.69, 9.17) is 11.6 Å². The van der Waals surface area contributed by atoms with Crippen molar-refractivity contribution in [3.05, 3.63) is 40.4 Å². The van der Waals surface area contributed by atoms with Crippen molar-refractivity contribution in [2.75, 3.05) is 11.8 Å². The molecular formula is C15H16ClNO6S. The van der Waals surface area contributed by atoms with Crippen molar-refractivity contribution >= 4 is 39.3 Å². The minimum absolute atomic E-state index is 0.0122. The van der Waals surface area contributed by atoms with E-state index in [0.717, 1.165) is 0 Å². The number of anilines is 1. The van der Waals surface area contributed by atoms with Crippen LogP contribution in [0.4, 0.5) is 5.69 Å². The Labute approximate surface area is 144 Å². The molecule has 0 bridgehead atoms. The summed E-state index contributed by atoms with van der Waals surface area (Å²) in [5, 5.41) is 8.04. The van der Waals surface area contributed by atoms with Gasteiger partial charge in [-0.25, -0.2) is 18.0 Å². The fourth-order valence-corrected chi connectivity index (χ4v) is 4.38. The van der Waals surface area contributed by atoms with E-state index in [2.05, 4.69) is 9.46 Å². The number of carboxylic acids is 1. The van der Waals surface area contributed by atoms with Crippen LogP contribution in [0.5, 0.6) is 0 Å². The maximum absolute atomic E-state index is 12.5. The maximum Gasteiger partial charge on any atom is 0.337 e. The Morgan fingerprint density at radius 3 is 2.67 bits per heavy atom. The van der Waals surface area contributed by atoms with Gasteiger partial charge in [-0.3, -0.25) is 4.72 Å². The molecule has 0 aliphatic heterocycles. The first-order chi connectivity index (χ1) is 11.3. The summed E-state index contributed by atoms with van der Waals surface area (Å²) < 4.78 is 31.9. The maximum atomic E-state index is 12.5. The number of benzene rings is 1. The van der Waals surface area contributed by atoms with Crippen LogP contribution in [0.2, 0.25) is 5.02 Å². The first-order valence-corrected chi connectivity index (χ1v) is 9.01. The number of hydrogen-bond acceptors (Lipinski definition) is 5. The number of nitrogens with one attached hydrogen (secondary N) is 1. The molecule has 0 saturated carbocycles. The lowest BCUT2D eigenvalue weighted by atomic mass is 9.99. The zero-order valence-electron chi connectivity index (χ0n) is 12.8. The summed E-state index contributed by atoms with van der Waals surface area (Å²) in [6, 6.07) is 3.98.